The fourth-order valence-corrected chi connectivity index (χ4v) is 1.82. The highest BCUT2D eigenvalue weighted by Gasteiger charge is 2.16. The van der Waals surface area contributed by atoms with Gasteiger partial charge in [-0.3, -0.25) is 9.80 Å². The molecule has 1 heterocycles. The number of piperazine rings is 1. The van der Waals surface area contributed by atoms with E-state index in [9.17, 15) is 0 Å². The number of ether oxygens (including phenoxy) is 1. The van der Waals surface area contributed by atoms with Crippen molar-refractivity contribution in [2.24, 2.45) is 5.73 Å². The zero-order valence-corrected chi connectivity index (χ0v) is 11.9. The summed E-state index contributed by atoms with van der Waals surface area (Å²) in [4.78, 5) is 4.88. The van der Waals surface area contributed by atoms with Gasteiger partial charge in [0.2, 0.25) is 0 Å². The first-order valence-electron chi connectivity index (χ1n) is 5.41. The molecule has 1 aliphatic heterocycles. The lowest BCUT2D eigenvalue weighted by atomic mass is 10.2. The summed E-state index contributed by atoms with van der Waals surface area (Å²) in [5.41, 5.74) is 5.76. The molecule has 2 N–H and O–H groups in total. The summed E-state index contributed by atoms with van der Waals surface area (Å²) in [5.74, 6) is 0. The lowest BCUT2D eigenvalue weighted by Crippen LogP contribution is -2.49. The monoisotopic (exact) mass is 273 g/mol. The van der Waals surface area contributed by atoms with Crippen LogP contribution in [0.2, 0.25) is 0 Å². The number of hydrogen-bond donors (Lipinski definition) is 1. The van der Waals surface area contributed by atoms with Gasteiger partial charge in [-0.1, -0.05) is 0 Å². The molecule has 0 aromatic heterocycles. The molecule has 0 amide bonds. The highest BCUT2D eigenvalue weighted by molar-refractivity contribution is 5.85. The largest absolute Gasteiger partial charge is 0.383 e. The van der Waals surface area contributed by atoms with E-state index in [1.54, 1.807) is 7.11 Å². The van der Waals surface area contributed by atoms with Gasteiger partial charge in [-0.15, -0.1) is 24.8 Å². The number of rotatable bonds is 5. The summed E-state index contributed by atoms with van der Waals surface area (Å²) < 4.78 is 5.06. The number of halogens is 2. The molecule has 0 aliphatic carbocycles. The quantitative estimate of drug-likeness (QED) is 0.790. The van der Waals surface area contributed by atoms with E-state index in [4.69, 9.17) is 10.5 Å². The summed E-state index contributed by atoms with van der Waals surface area (Å²) in [6.45, 7) is 9.58. The number of methoxy groups -OCH3 is 1. The lowest BCUT2D eigenvalue weighted by Gasteiger charge is -2.35. The molecule has 0 bridgehead atoms. The van der Waals surface area contributed by atoms with E-state index < -0.39 is 0 Å². The summed E-state index contributed by atoms with van der Waals surface area (Å²) in [7, 11) is 1.76. The van der Waals surface area contributed by atoms with Crippen molar-refractivity contribution in [2.45, 2.75) is 13.0 Å². The van der Waals surface area contributed by atoms with E-state index in [0.717, 1.165) is 45.9 Å². The predicted octanol–water partition coefficient (Wildman–Crippen LogP) is 0.441. The Kier molecular flexibility index (Phi) is 12.4. The second-order valence-corrected chi connectivity index (χ2v) is 4.11. The third-order valence-corrected chi connectivity index (χ3v) is 2.62. The lowest BCUT2D eigenvalue weighted by molar-refractivity contribution is 0.0950. The van der Waals surface area contributed by atoms with E-state index in [2.05, 4.69) is 16.7 Å². The minimum atomic E-state index is 0. The molecule has 100 valence electrons. The molecule has 1 rings (SSSR count). The Bertz CT molecular complexity index is 153. The Labute approximate surface area is 111 Å². The van der Waals surface area contributed by atoms with Gasteiger partial charge in [0.1, 0.15) is 0 Å². The SMILES string of the molecule is COCCN1CCN(CC(C)N)CC1.Cl.Cl. The first-order valence-corrected chi connectivity index (χ1v) is 5.41. The topological polar surface area (TPSA) is 41.7 Å². The van der Waals surface area contributed by atoms with Crippen LogP contribution in [0.25, 0.3) is 0 Å². The van der Waals surface area contributed by atoms with Gasteiger partial charge >= 0.3 is 0 Å². The number of nitrogens with two attached hydrogens (primary N) is 1. The van der Waals surface area contributed by atoms with Crippen molar-refractivity contribution in [3.63, 3.8) is 0 Å². The third-order valence-electron chi connectivity index (χ3n) is 2.62. The molecule has 1 unspecified atom stereocenters. The first-order chi connectivity index (χ1) is 6.72. The molecule has 1 saturated heterocycles. The van der Waals surface area contributed by atoms with Crippen molar-refractivity contribution in [3.8, 4) is 0 Å². The molecule has 0 radical (unpaired) electrons. The van der Waals surface area contributed by atoms with E-state index in [-0.39, 0.29) is 24.8 Å². The Balaban J connectivity index is 0. The fourth-order valence-electron chi connectivity index (χ4n) is 1.82. The molecular formula is C10H25Cl2N3O. The van der Waals surface area contributed by atoms with Crippen molar-refractivity contribution in [1.82, 2.24) is 9.80 Å². The van der Waals surface area contributed by atoms with E-state index >= 15 is 0 Å². The van der Waals surface area contributed by atoms with E-state index in [1.165, 1.54) is 0 Å². The highest BCUT2D eigenvalue weighted by atomic mass is 35.5. The van der Waals surface area contributed by atoms with Crippen LogP contribution in [0.1, 0.15) is 6.92 Å². The summed E-state index contributed by atoms with van der Waals surface area (Å²) in [5, 5.41) is 0. The zero-order valence-electron chi connectivity index (χ0n) is 10.2. The minimum absolute atomic E-state index is 0. The molecule has 16 heavy (non-hydrogen) atoms. The summed E-state index contributed by atoms with van der Waals surface area (Å²) in [6.07, 6.45) is 0. The predicted molar refractivity (Wildman–Crippen MR) is 72.9 cm³/mol. The summed E-state index contributed by atoms with van der Waals surface area (Å²) >= 11 is 0. The van der Waals surface area contributed by atoms with Gasteiger partial charge in [0.05, 0.1) is 6.61 Å². The average molecular weight is 274 g/mol. The van der Waals surface area contributed by atoms with Crippen LogP contribution in [0.3, 0.4) is 0 Å². The molecule has 6 heteroatoms. The highest BCUT2D eigenvalue weighted by Crippen LogP contribution is 2.01. The molecule has 0 aromatic carbocycles. The maximum Gasteiger partial charge on any atom is 0.0589 e. The molecule has 1 atom stereocenters. The van der Waals surface area contributed by atoms with Crippen LogP contribution in [0, 0.1) is 0 Å². The summed E-state index contributed by atoms with van der Waals surface area (Å²) in [6, 6.07) is 0.292. The van der Waals surface area contributed by atoms with Gasteiger partial charge in [-0.2, -0.15) is 0 Å². The number of nitrogens with zero attached hydrogens (tertiary/aromatic N) is 2. The van der Waals surface area contributed by atoms with Crippen LogP contribution in [0.5, 0.6) is 0 Å². The van der Waals surface area contributed by atoms with Crippen LogP contribution in [-0.4, -0.2) is 68.8 Å². The van der Waals surface area contributed by atoms with Gasteiger partial charge < -0.3 is 10.5 Å². The van der Waals surface area contributed by atoms with Crippen LogP contribution in [-0.2, 0) is 4.74 Å². The Morgan fingerprint density at radius 3 is 2.06 bits per heavy atom. The Morgan fingerprint density at radius 1 is 1.12 bits per heavy atom. The Morgan fingerprint density at radius 2 is 1.62 bits per heavy atom. The minimum Gasteiger partial charge on any atom is -0.383 e. The van der Waals surface area contributed by atoms with Crippen molar-refractivity contribution in [1.29, 1.82) is 0 Å². The number of hydrogen-bond acceptors (Lipinski definition) is 4. The van der Waals surface area contributed by atoms with E-state index in [1.807, 2.05) is 0 Å². The van der Waals surface area contributed by atoms with Crippen molar-refractivity contribution in [2.75, 3.05) is 53.0 Å². The second kappa shape index (κ2) is 10.6. The van der Waals surface area contributed by atoms with Crippen LogP contribution < -0.4 is 5.73 Å². The van der Waals surface area contributed by atoms with Crippen LogP contribution in [0.4, 0.5) is 0 Å². The standard InChI is InChI=1S/C10H23N3O.2ClH/c1-10(11)9-13-5-3-12(4-6-13)7-8-14-2;;/h10H,3-9,11H2,1-2H3;2*1H. The zero-order chi connectivity index (χ0) is 10.4. The van der Waals surface area contributed by atoms with Crippen LogP contribution in [0.15, 0.2) is 0 Å². The molecule has 0 saturated carbocycles. The van der Waals surface area contributed by atoms with E-state index in [0.29, 0.717) is 6.04 Å². The normalized spacial score (nSPS) is 19.7. The Hall–Kier alpha value is 0.420. The maximum absolute atomic E-state index is 5.76. The van der Waals surface area contributed by atoms with Crippen molar-refractivity contribution < 1.29 is 4.74 Å². The van der Waals surface area contributed by atoms with Gasteiger partial charge in [-0.25, -0.2) is 0 Å². The van der Waals surface area contributed by atoms with Gasteiger partial charge in [-0.05, 0) is 6.92 Å². The molecule has 0 aromatic rings. The van der Waals surface area contributed by atoms with Gasteiger partial charge in [0.15, 0.2) is 0 Å². The first kappa shape index (κ1) is 18.8. The van der Waals surface area contributed by atoms with Gasteiger partial charge in [0, 0.05) is 52.4 Å². The maximum atomic E-state index is 5.76. The van der Waals surface area contributed by atoms with Crippen molar-refractivity contribution >= 4 is 24.8 Å². The molecule has 4 nitrogen and oxygen atoms in total. The van der Waals surface area contributed by atoms with Crippen LogP contribution >= 0.6 is 24.8 Å². The molecular weight excluding hydrogens is 249 g/mol. The molecule has 0 spiro atoms. The molecule has 1 aliphatic rings. The fraction of sp³-hybridized carbons (Fsp3) is 1.00. The van der Waals surface area contributed by atoms with Crippen molar-refractivity contribution in [3.05, 3.63) is 0 Å². The third kappa shape index (κ3) is 7.65. The average Bonchev–Trinajstić information content (AvgIpc) is 2.16. The molecule has 1 fully saturated rings. The van der Waals surface area contributed by atoms with Gasteiger partial charge in [0.25, 0.3) is 0 Å². The second-order valence-electron chi connectivity index (χ2n) is 4.11. The smallest absolute Gasteiger partial charge is 0.0589 e.